The van der Waals surface area contributed by atoms with Gasteiger partial charge < -0.3 is 15.7 Å². The highest BCUT2D eigenvalue weighted by Crippen LogP contribution is 2.34. The Morgan fingerprint density at radius 1 is 1.25 bits per heavy atom. The molecule has 1 rings (SSSR count). The fourth-order valence-corrected chi connectivity index (χ4v) is 2.73. The topological polar surface area (TPSA) is 78.4 Å². The lowest BCUT2D eigenvalue weighted by Gasteiger charge is -2.41. The SMILES string of the molecule is CCC(CCNC(=O)NC1(CC)CCC1)CCC(=O)O. The normalized spacial score (nSPS) is 17.9. The highest BCUT2D eigenvalue weighted by Gasteiger charge is 2.36. The van der Waals surface area contributed by atoms with Crippen molar-refractivity contribution in [2.24, 2.45) is 5.92 Å². The molecule has 1 aliphatic rings. The van der Waals surface area contributed by atoms with Crippen molar-refractivity contribution in [1.29, 1.82) is 0 Å². The van der Waals surface area contributed by atoms with Gasteiger partial charge in [0.25, 0.3) is 0 Å². The predicted octanol–water partition coefficient (Wildman–Crippen LogP) is 2.90. The average Bonchev–Trinajstić information content (AvgIpc) is 2.37. The van der Waals surface area contributed by atoms with Crippen LogP contribution in [0.2, 0.25) is 0 Å². The van der Waals surface area contributed by atoms with E-state index in [1.807, 2.05) is 0 Å². The van der Waals surface area contributed by atoms with E-state index in [1.165, 1.54) is 6.42 Å². The minimum absolute atomic E-state index is 0.0253. The van der Waals surface area contributed by atoms with Gasteiger partial charge in [-0.1, -0.05) is 20.3 Å². The van der Waals surface area contributed by atoms with Crippen molar-refractivity contribution < 1.29 is 14.7 Å². The van der Waals surface area contributed by atoms with Crippen molar-refractivity contribution in [2.45, 2.75) is 70.8 Å². The van der Waals surface area contributed by atoms with E-state index in [1.54, 1.807) is 0 Å². The van der Waals surface area contributed by atoms with Crippen LogP contribution in [0.5, 0.6) is 0 Å². The van der Waals surface area contributed by atoms with Crippen LogP contribution in [0.25, 0.3) is 0 Å². The van der Waals surface area contributed by atoms with Crippen LogP contribution < -0.4 is 10.6 Å². The summed E-state index contributed by atoms with van der Waals surface area (Å²) < 4.78 is 0. The zero-order valence-electron chi connectivity index (χ0n) is 12.7. The Balaban J connectivity index is 2.18. The predicted molar refractivity (Wildman–Crippen MR) is 78.7 cm³/mol. The smallest absolute Gasteiger partial charge is 0.315 e. The van der Waals surface area contributed by atoms with Gasteiger partial charge in [-0.25, -0.2) is 4.79 Å². The molecular formula is C15H28N2O3. The Bertz CT molecular complexity index is 322. The molecule has 0 aliphatic heterocycles. The van der Waals surface area contributed by atoms with Gasteiger partial charge in [0, 0.05) is 18.5 Å². The second kappa shape index (κ2) is 8.12. The third-order valence-corrected chi connectivity index (χ3v) is 4.55. The molecular weight excluding hydrogens is 256 g/mol. The Morgan fingerprint density at radius 2 is 1.95 bits per heavy atom. The highest BCUT2D eigenvalue weighted by atomic mass is 16.4. The Morgan fingerprint density at radius 3 is 2.40 bits per heavy atom. The summed E-state index contributed by atoms with van der Waals surface area (Å²) in [5.41, 5.74) is 0.0253. The van der Waals surface area contributed by atoms with Crippen molar-refractivity contribution >= 4 is 12.0 Å². The Kier molecular flexibility index (Phi) is 6.82. The summed E-state index contributed by atoms with van der Waals surface area (Å²) in [5, 5.41) is 14.7. The summed E-state index contributed by atoms with van der Waals surface area (Å²) in [5.74, 6) is -0.376. The second-order valence-corrected chi connectivity index (χ2v) is 5.86. The molecule has 5 heteroatoms. The average molecular weight is 284 g/mol. The summed E-state index contributed by atoms with van der Waals surface area (Å²) in [6, 6.07) is -0.0837. The molecule has 0 aromatic rings. The number of rotatable bonds is 9. The van der Waals surface area contributed by atoms with Crippen LogP contribution in [0.4, 0.5) is 4.79 Å². The number of carbonyl (C=O) groups is 2. The molecule has 0 heterocycles. The molecule has 3 N–H and O–H groups in total. The number of nitrogens with one attached hydrogen (secondary N) is 2. The van der Waals surface area contributed by atoms with Crippen LogP contribution in [0, 0.1) is 5.92 Å². The number of hydrogen-bond donors (Lipinski definition) is 3. The Labute approximate surface area is 121 Å². The van der Waals surface area contributed by atoms with Crippen LogP contribution in [-0.2, 0) is 4.79 Å². The maximum absolute atomic E-state index is 11.8. The molecule has 20 heavy (non-hydrogen) atoms. The van der Waals surface area contributed by atoms with Crippen molar-refractivity contribution in [3.05, 3.63) is 0 Å². The van der Waals surface area contributed by atoms with E-state index in [0.717, 1.165) is 32.1 Å². The molecule has 0 aromatic carbocycles. The number of carboxylic acid groups (broad SMARTS) is 1. The fraction of sp³-hybridized carbons (Fsp3) is 0.867. The van der Waals surface area contributed by atoms with Crippen LogP contribution in [0.3, 0.4) is 0 Å². The van der Waals surface area contributed by atoms with Crippen LogP contribution in [0.1, 0.15) is 65.2 Å². The molecule has 1 saturated carbocycles. The largest absolute Gasteiger partial charge is 0.481 e. The fourth-order valence-electron chi connectivity index (χ4n) is 2.73. The monoisotopic (exact) mass is 284 g/mol. The van der Waals surface area contributed by atoms with E-state index >= 15 is 0 Å². The number of amides is 2. The van der Waals surface area contributed by atoms with E-state index in [9.17, 15) is 9.59 Å². The van der Waals surface area contributed by atoms with Crippen LogP contribution in [-0.4, -0.2) is 29.2 Å². The molecule has 2 amide bonds. The highest BCUT2D eigenvalue weighted by molar-refractivity contribution is 5.74. The van der Waals surface area contributed by atoms with E-state index < -0.39 is 5.97 Å². The maximum Gasteiger partial charge on any atom is 0.315 e. The lowest BCUT2D eigenvalue weighted by Crippen LogP contribution is -2.56. The molecule has 5 nitrogen and oxygen atoms in total. The van der Waals surface area contributed by atoms with E-state index in [0.29, 0.717) is 18.9 Å². The van der Waals surface area contributed by atoms with Gasteiger partial charge in [-0.05, 0) is 44.4 Å². The lowest BCUT2D eigenvalue weighted by molar-refractivity contribution is -0.137. The molecule has 0 radical (unpaired) electrons. The lowest BCUT2D eigenvalue weighted by atomic mass is 9.75. The van der Waals surface area contributed by atoms with Gasteiger partial charge in [0.15, 0.2) is 0 Å². The molecule has 1 fully saturated rings. The van der Waals surface area contributed by atoms with Crippen molar-refractivity contribution in [1.82, 2.24) is 10.6 Å². The van der Waals surface area contributed by atoms with Gasteiger partial charge in [0.05, 0.1) is 0 Å². The molecule has 0 aromatic heterocycles. The quantitative estimate of drug-likeness (QED) is 0.609. The van der Waals surface area contributed by atoms with Gasteiger partial charge in [0.1, 0.15) is 0 Å². The first-order valence-corrected chi connectivity index (χ1v) is 7.79. The van der Waals surface area contributed by atoms with E-state index in [2.05, 4.69) is 24.5 Å². The first-order chi connectivity index (χ1) is 9.51. The number of hydrogen-bond acceptors (Lipinski definition) is 2. The molecule has 0 bridgehead atoms. The molecule has 1 unspecified atom stereocenters. The summed E-state index contributed by atoms with van der Waals surface area (Å²) in [6.07, 6.45) is 7.03. The zero-order valence-corrected chi connectivity index (χ0v) is 12.7. The molecule has 0 saturated heterocycles. The number of carbonyl (C=O) groups excluding carboxylic acids is 1. The first kappa shape index (κ1) is 16.8. The van der Waals surface area contributed by atoms with Gasteiger partial charge in [-0.3, -0.25) is 4.79 Å². The minimum Gasteiger partial charge on any atom is -0.481 e. The summed E-state index contributed by atoms with van der Waals surface area (Å²) in [7, 11) is 0. The summed E-state index contributed by atoms with van der Waals surface area (Å²) in [4.78, 5) is 22.4. The van der Waals surface area contributed by atoms with Crippen LogP contribution >= 0.6 is 0 Å². The number of carboxylic acids is 1. The molecule has 1 aliphatic carbocycles. The van der Waals surface area contributed by atoms with E-state index in [4.69, 9.17) is 5.11 Å². The standard InChI is InChI=1S/C15H28N2O3/c1-3-12(6-7-13(18)19)8-11-16-14(20)17-15(4-2)9-5-10-15/h12H,3-11H2,1-2H3,(H,18,19)(H2,16,17,20). The van der Waals surface area contributed by atoms with Gasteiger partial charge >= 0.3 is 12.0 Å². The summed E-state index contributed by atoms with van der Waals surface area (Å²) >= 11 is 0. The number of aliphatic carboxylic acids is 1. The minimum atomic E-state index is -0.746. The third kappa shape index (κ3) is 5.39. The van der Waals surface area contributed by atoms with Gasteiger partial charge in [-0.15, -0.1) is 0 Å². The van der Waals surface area contributed by atoms with Crippen molar-refractivity contribution in [3.63, 3.8) is 0 Å². The molecule has 116 valence electrons. The van der Waals surface area contributed by atoms with E-state index in [-0.39, 0.29) is 18.0 Å². The van der Waals surface area contributed by atoms with Crippen molar-refractivity contribution in [2.75, 3.05) is 6.54 Å². The molecule has 1 atom stereocenters. The van der Waals surface area contributed by atoms with Crippen LogP contribution in [0.15, 0.2) is 0 Å². The summed E-state index contributed by atoms with van der Waals surface area (Å²) in [6.45, 7) is 4.79. The van der Waals surface area contributed by atoms with Crippen molar-refractivity contribution in [3.8, 4) is 0 Å². The second-order valence-electron chi connectivity index (χ2n) is 5.86. The zero-order chi connectivity index (χ0) is 15.0. The molecule has 0 spiro atoms. The maximum atomic E-state index is 11.8. The van der Waals surface area contributed by atoms with Gasteiger partial charge in [0.2, 0.25) is 0 Å². The third-order valence-electron chi connectivity index (χ3n) is 4.55. The Hall–Kier alpha value is -1.26. The van der Waals surface area contributed by atoms with Gasteiger partial charge in [-0.2, -0.15) is 0 Å². The first-order valence-electron chi connectivity index (χ1n) is 7.79. The number of urea groups is 1.